The molecule has 6 nitrogen and oxygen atoms in total. The molecule has 0 bridgehead atoms. The van der Waals surface area contributed by atoms with Gasteiger partial charge in [-0.15, -0.1) is 0 Å². The quantitative estimate of drug-likeness (QED) is 0.535. The van der Waals surface area contributed by atoms with Crippen molar-refractivity contribution in [2.75, 3.05) is 11.9 Å². The van der Waals surface area contributed by atoms with Crippen molar-refractivity contribution in [3.63, 3.8) is 0 Å². The molecule has 2 heterocycles. The first kappa shape index (κ1) is 22.0. The molecule has 4 rings (SSSR count). The fourth-order valence-electron chi connectivity index (χ4n) is 3.39. The van der Waals surface area contributed by atoms with Crippen LogP contribution in [-0.2, 0) is 13.2 Å². The highest BCUT2D eigenvalue weighted by Crippen LogP contribution is 2.31. The molecule has 1 unspecified atom stereocenters. The zero-order valence-electron chi connectivity index (χ0n) is 17.2. The van der Waals surface area contributed by atoms with Gasteiger partial charge >= 0.3 is 5.69 Å². The molecule has 1 aliphatic rings. The third-order valence-corrected chi connectivity index (χ3v) is 5.62. The topological polar surface area (TPSA) is 56.6 Å². The number of halogens is 4. The van der Waals surface area contributed by atoms with E-state index in [-0.39, 0.29) is 34.9 Å². The number of hydrogen-bond donors (Lipinski definition) is 0. The highest BCUT2D eigenvalue weighted by molar-refractivity contribution is 6.30. The number of nitrogens with zero attached hydrogens (tertiary/aromatic N) is 3. The molecule has 0 fully saturated rings. The summed E-state index contributed by atoms with van der Waals surface area (Å²) in [6.07, 6.45) is 0.820. The van der Waals surface area contributed by atoms with E-state index in [1.165, 1.54) is 12.1 Å². The summed E-state index contributed by atoms with van der Waals surface area (Å²) < 4.78 is 54.7. The van der Waals surface area contributed by atoms with E-state index in [2.05, 4.69) is 4.98 Å². The molecule has 0 saturated carbocycles. The Bertz CT molecular complexity index is 1210. The number of benzene rings is 2. The largest absolute Gasteiger partial charge is 0.473 e. The van der Waals surface area contributed by atoms with Crippen molar-refractivity contribution in [2.24, 2.45) is 0 Å². The van der Waals surface area contributed by atoms with Crippen LogP contribution in [0.1, 0.15) is 18.9 Å². The Labute approximate surface area is 186 Å². The lowest BCUT2D eigenvalue weighted by atomic mass is 10.1. The second-order valence-electron chi connectivity index (χ2n) is 7.49. The van der Waals surface area contributed by atoms with Crippen molar-refractivity contribution in [3.05, 3.63) is 74.9 Å². The highest BCUT2D eigenvalue weighted by atomic mass is 35.5. The van der Waals surface area contributed by atoms with Gasteiger partial charge in [0, 0.05) is 31.8 Å². The van der Waals surface area contributed by atoms with Gasteiger partial charge in [-0.1, -0.05) is 11.6 Å². The minimum absolute atomic E-state index is 0.0555. The van der Waals surface area contributed by atoms with Crippen LogP contribution in [0.15, 0.2) is 41.2 Å². The summed E-state index contributed by atoms with van der Waals surface area (Å²) in [5, 5.41) is -0.137. The third-order valence-electron chi connectivity index (χ3n) is 5.31. The molecular formula is C22H19ClF3N3O3. The first-order valence-corrected chi connectivity index (χ1v) is 10.2. The molecule has 32 heavy (non-hydrogen) atoms. The lowest BCUT2D eigenvalue weighted by Crippen LogP contribution is -2.41. The summed E-state index contributed by atoms with van der Waals surface area (Å²) in [4.78, 5) is 18.1. The molecule has 3 aromatic rings. The SMILES string of the molecule is CC1CCn2c(cc(OCc3cc(F)c(Oc4ccc(Cl)c(F)c4)c(F)c3)nc2=O)N1C. The van der Waals surface area contributed by atoms with Crippen molar-refractivity contribution >= 4 is 17.4 Å². The Hall–Kier alpha value is -3.20. The molecule has 1 atom stereocenters. The van der Waals surface area contributed by atoms with Crippen LogP contribution in [0.2, 0.25) is 5.02 Å². The molecule has 0 amide bonds. The molecule has 0 N–H and O–H groups in total. The van der Waals surface area contributed by atoms with E-state index >= 15 is 0 Å². The van der Waals surface area contributed by atoms with Gasteiger partial charge in [0.1, 0.15) is 24.0 Å². The Morgan fingerprint density at radius 3 is 2.53 bits per heavy atom. The summed E-state index contributed by atoms with van der Waals surface area (Å²) in [5.41, 5.74) is -0.288. The van der Waals surface area contributed by atoms with Crippen LogP contribution in [-0.4, -0.2) is 22.6 Å². The van der Waals surface area contributed by atoms with Crippen molar-refractivity contribution in [1.82, 2.24) is 9.55 Å². The van der Waals surface area contributed by atoms with E-state index in [4.69, 9.17) is 21.1 Å². The van der Waals surface area contributed by atoms with Crippen molar-refractivity contribution in [1.29, 1.82) is 0 Å². The zero-order valence-corrected chi connectivity index (χ0v) is 18.0. The Balaban J connectivity index is 1.52. The average Bonchev–Trinajstić information content (AvgIpc) is 2.74. The van der Waals surface area contributed by atoms with Crippen LogP contribution in [0.3, 0.4) is 0 Å². The van der Waals surface area contributed by atoms with E-state index < -0.39 is 28.9 Å². The number of hydrogen-bond acceptors (Lipinski definition) is 5. The maximum absolute atomic E-state index is 14.5. The van der Waals surface area contributed by atoms with E-state index in [0.29, 0.717) is 12.4 Å². The number of aromatic nitrogens is 2. The van der Waals surface area contributed by atoms with E-state index in [0.717, 1.165) is 24.6 Å². The van der Waals surface area contributed by atoms with E-state index in [1.807, 2.05) is 18.9 Å². The van der Waals surface area contributed by atoms with Gasteiger partial charge in [-0.2, -0.15) is 4.98 Å². The number of fused-ring (bicyclic) bond motifs is 1. The van der Waals surface area contributed by atoms with Gasteiger partial charge in [-0.25, -0.2) is 18.0 Å². The highest BCUT2D eigenvalue weighted by Gasteiger charge is 2.22. The van der Waals surface area contributed by atoms with Gasteiger partial charge in [0.25, 0.3) is 0 Å². The fourth-order valence-corrected chi connectivity index (χ4v) is 3.51. The van der Waals surface area contributed by atoms with Crippen LogP contribution in [0.5, 0.6) is 17.4 Å². The van der Waals surface area contributed by atoms with E-state index in [9.17, 15) is 18.0 Å². The Morgan fingerprint density at radius 1 is 1.12 bits per heavy atom. The van der Waals surface area contributed by atoms with E-state index in [1.54, 1.807) is 10.6 Å². The number of rotatable bonds is 5. The Kier molecular flexibility index (Phi) is 6.01. The van der Waals surface area contributed by atoms with Gasteiger partial charge in [0.05, 0.1) is 5.02 Å². The lowest BCUT2D eigenvalue weighted by Gasteiger charge is -2.34. The Morgan fingerprint density at radius 2 is 1.84 bits per heavy atom. The van der Waals surface area contributed by atoms with Gasteiger partial charge in [0.15, 0.2) is 17.4 Å². The smallest absolute Gasteiger partial charge is 0.352 e. The molecule has 0 saturated heterocycles. The second-order valence-corrected chi connectivity index (χ2v) is 7.90. The summed E-state index contributed by atoms with van der Waals surface area (Å²) in [6.45, 7) is 2.38. The average molecular weight is 466 g/mol. The predicted molar refractivity (Wildman–Crippen MR) is 113 cm³/mol. The van der Waals surface area contributed by atoms with Crippen LogP contribution in [0.25, 0.3) is 0 Å². The van der Waals surface area contributed by atoms with Crippen molar-refractivity contribution in [3.8, 4) is 17.4 Å². The first-order chi connectivity index (χ1) is 15.2. The predicted octanol–water partition coefficient (Wildman–Crippen LogP) is 4.91. The van der Waals surface area contributed by atoms with Gasteiger partial charge in [-0.05, 0) is 43.2 Å². The zero-order chi connectivity index (χ0) is 23.0. The van der Waals surface area contributed by atoms with Crippen LogP contribution < -0.4 is 20.1 Å². The maximum atomic E-state index is 14.5. The maximum Gasteiger partial charge on any atom is 0.352 e. The molecular weight excluding hydrogens is 447 g/mol. The molecule has 0 aliphatic carbocycles. The van der Waals surface area contributed by atoms with Crippen LogP contribution in [0.4, 0.5) is 19.0 Å². The standard InChI is InChI=1S/C22H19ClF3N3O3/c1-12-5-6-29-20(28(12)2)10-19(27-22(29)30)31-11-13-7-17(25)21(18(26)8-13)32-14-3-4-15(23)16(24)9-14/h3-4,7-10,12H,5-6,11H2,1-2H3. The molecule has 0 spiro atoms. The summed E-state index contributed by atoms with van der Waals surface area (Å²) in [6, 6.07) is 7.37. The molecule has 2 aromatic carbocycles. The first-order valence-electron chi connectivity index (χ1n) is 9.81. The normalized spacial score (nSPS) is 15.4. The van der Waals surface area contributed by atoms with Gasteiger partial charge < -0.3 is 14.4 Å². The minimum Gasteiger partial charge on any atom is -0.473 e. The molecule has 168 valence electrons. The van der Waals surface area contributed by atoms with Gasteiger partial charge in [0.2, 0.25) is 5.88 Å². The van der Waals surface area contributed by atoms with Crippen LogP contribution >= 0.6 is 11.6 Å². The van der Waals surface area contributed by atoms with Crippen molar-refractivity contribution in [2.45, 2.75) is 32.5 Å². The molecule has 1 aromatic heterocycles. The number of ether oxygens (including phenoxy) is 2. The molecule has 0 radical (unpaired) electrons. The third kappa shape index (κ3) is 4.38. The lowest BCUT2D eigenvalue weighted by molar-refractivity contribution is 0.287. The van der Waals surface area contributed by atoms with Crippen LogP contribution in [0, 0.1) is 17.5 Å². The summed E-state index contributed by atoms with van der Waals surface area (Å²) in [5.74, 6) is -2.84. The second kappa shape index (κ2) is 8.74. The summed E-state index contributed by atoms with van der Waals surface area (Å²) in [7, 11) is 1.87. The molecule has 10 heteroatoms. The monoisotopic (exact) mass is 465 g/mol. The van der Waals surface area contributed by atoms with Gasteiger partial charge in [-0.3, -0.25) is 4.57 Å². The minimum atomic E-state index is -0.994. The summed E-state index contributed by atoms with van der Waals surface area (Å²) >= 11 is 5.59. The van der Waals surface area contributed by atoms with Crippen molar-refractivity contribution < 1.29 is 22.6 Å². The number of anilines is 1. The molecule has 1 aliphatic heterocycles. The fraction of sp³-hybridized carbons (Fsp3) is 0.273.